The fourth-order valence-corrected chi connectivity index (χ4v) is 4.44. The van der Waals surface area contributed by atoms with Crippen molar-refractivity contribution in [2.24, 2.45) is 35.5 Å². The second kappa shape index (κ2) is 9.17. The molecule has 0 aromatic heterocycles. The first-order valence-electron chi connectivity index (χ1n) is 10.3. The van der Waals surface area contributed by atoms with Crippen LogP contribution in [0.25, 0.3) is 0 Å². The second-order valence-corrected chi connectivity index (χ2v) is 9.29. The summed E-state index contributed by atoms with van der Waals surface area (Å²) in [6.07, 6.45) is -0.358. The van der Waals surface area contributed by atoms with Crippen molar-refractivity contribution in [3.63, 3.8) is 0 Å². The van der Waals surface area contributed by atoms with E-state index in [1.165, 1.54) is 0 Å². The van der Waals surface area contributed by atoms with Crippen molar-refractivity contribution in [3.8, 4) is 0 Å². The number of carbonyl (C=O) groups is 1. The summed E-state index contributed by atoms with van der Waals surface area (Å²) in [4.78, 5) is 12.9. The van der Waals surface area contributed by atoms with Gasteiger partial charge < -0.3 is 4.74 Å². The third-order valence-electron chi connectivity index (χ3n) is 6.14. The zero-order valence-corrected chi connectivity index (χ0v) is 18.4. The van der Waals surface area contributed by atoms with Gasteiger partial charge >= 0.3 is 17.8 Å². The van der Waals surface area contributed by atoms with Gasteiger partial charge in [0.15, 0.2) is 0 Å². The average Bonchev–Trinajstić information content (AvgIpc) is 2.51. The molecule has 6 heteroatoms. The van der Waals surface area contributed by atoms with Crippen molar-refractivity contribution < 1.29 is 27.1 Å². The van der Waals surface area contributed by atoms with Gasteiger partial charge in [-0.2, -0.15) is 8.78 Å². The standard InChI is InChI=1S/C22H36F4O2/c1-12(2)16-11-17(13(3)4)19(18(14(5)6)15(16)7)20(27)28-10-9-22(25,26)21(8,23)24/h12-17H,9-11H2,1-8H3. The number of halogens is 4. The van der Waals surface area contributed by atoms with Crippen LogP contribution < -0.4 is 0 Å². The SMILES string of the molecule is CC(C)C1=C(C(=O)OCCC(F)(F)C(C)(F)F)C(C(C)C)CC(C(C)C)C1C. The summed E-state index contributed by atoms with van der Waals surface area (Å²) in [5.74, 6) is -7.66. The molecule has 3 atom stereocenters. The highest BCUT2D eigenvalue weighted by Gasteiger charge is 2.52. The number of ether oxygens (including phenoxy) is 1. The third-order valence-corrected chi connectivity index (χ3v) is 6.14. The van der Waals surface area contributed by atoms with Crippen LogP contribution in [0.5, 0.6) is 0 Å². The second-order valence-electron chi connectivity index (χ2n) is 9.29. The van der Waals surface area contributed by atoms with Crippen LogP contribution in [0.1, 0.15) is 68.2 Å². The monoisotopic (exact) mass is 408 g/mol. The van der Waals surface area contributed by atoms with Gasteiger partial charge in [-0.25, -0.2) is 13.6 Å². The Morgan fingerprint density at radius 2 is 1.61 bits per heavy atom. The van der Waals surface area contributed by atoms with Crippen molar-refractivity contribution in [2.75, 3.05) is 6.61 Å². The third kappa shape index (κ3) is 5.50. The molecule has 28 heavy (non-hydrogen) atoms. The molecule has 164 valence electrons. The Balaban J connectivity index is 3.14. The van der Waals surface area contributed by atoms with Gasteiger partial charge in [0, 0.05) is 12.5 Å². The van der Waals surface area contributed by atoms with Gasteiger partial charge in [-0.1, -0.05) is 54.0 Å². The average molecular weight is 409 g/mol. The van der Waals surface area contributed by atoms with E-state index in [0.717, 1.165) is 12.0 Å². The summed E-state index contributed by atoms with van der Waals surface area (Å²) >= 11 is 0. The molecule has 1 rings (SSSR count). The summed E-state index contributed by atoms with van der Waals surface area (Å²) < 4.78 is 58.0. The van der Waals surface area contributed by atoms with Crippen molar-refractivity contribution in [1.82, 2.24) is 0 Å². The number of hydrogen-bond acceptors (Lipinski definition) is 2. The lowest BCUT2D eigenvalue weighted by Gasteiger charge is -2.42. The van der Waals surface area contributed by atoms with E-state index in [1.807, 2.05) is 27.7 Å². The zero-order chi connectivity index (χ0) is 22.0. The zero-order valence-electron chi connectivity index (χ0n) is 18.4. The Labute approximate surface area is 167 Å². The van der Waals surface area contributed by atoms with E-state index in [1.54, 1.807) is 0 Å². The summed E-state index contributed by atoms with van der Waals surface area (Å²) in [5.41, 5.74) is 1.59. The molecule has 0 saturated carbocycles. The van der Waals surface area contributed by atoms with E-state index in [4.69, 9.17) is 4.74 Å². The highest BCUT2D eigenvalue weighted by molar-refractivity contribution is 5.90. The Bertz CT molecular complexity index is 574. The molecular weight excluding hydrogens is 372 g/mol. The van der Waals surface area contributed by atoms with Crippen LogP contribution in [-0.2, 0) is 9.53 Å². The molecule has 0 N–H and O–H groups in total. The van der Waals surface area contributed by atoms with Crippen LogP contribution in [-0.4, -0.2) is 24.4 Å². The molecular formula is C22H36F4O2. The number of carbonyl (C=O) groups excluding carboxylic acids is 1. The first-order chi connectivity index (χ1) is 12.6. The molecule has 0 radical (unpaired) electrons. The maximum absolute atomic E-state index is 13.5. The van der Waals surface area contributed by atoms with Crippen LogP contribution in [0, 0.1) is 35.5 Å². The Kier molecular flexibility index (Phi) is 8.17. The highest BCUT2D eigenvalue weighted by atomic mass is 19.3. The molecule has 0 saturated heterocycles. The number of allylic oxidation sites excluding steroid dienone is 1. The summed E-state index contributed by atoms with van der Waals surface area (Å²) in [6.45, 7) is 14.0. The predicted octanol–water partition coefficient (Wildman–Crippen LogP) is 6.75. The largest absolute Gasteiger partial charge is 0.462 e. The molecule has 1 aliphatic rings. The number of hydrogen-bond donors (Lipinski definition) is 0. The first-order valence-corrected chi connectivity index (χ1v) is 10.3. The first kappa shape index (κ1) is 25.0. The van der Waals surface area contributed by atoms with E-state index in [9.17, 15) is 22.4 Å². The van der Waals surface area contributed by atoms with Gasteiger partial charge in [0.1, 0.15) is 0 Å². The molecule has 1 aliphatic carbocycles. The number of esters is 1. The van der Waals surface area contributed by atoms with Crippen molar-refractivity contribution in [3.05, 3.63) is 11.1 Å². The van der Waals surface area contributed by atoms with Gasteiger partial charge in [0.25, 0.3) is 0 Å². The normalized spacial score (nSPS) is 24.5. The molecule has 0 fully saturated rings. The maximum atomic E-state index is 13.5. The van der Waals surface area contributed by atoms with E-state index < -0.39 is 30.8 Å². The van der Waals surface area contributed by atoms with E-state index >= 15 is 0 Å². The Hall–Kier alpha value is -1.07. The topological polar surface area (TPSA) is 26.3 Å². The smallest absolute Gasteiger partial charge is 0.334 e. The molecule has 0 aromatic rings. The number of alkyl halides is 4. The highest BCUT2D eigenvalue weighted by Crippen LogP contribution is 2.47. The fourth-order valence-electron chi connectivity index (χ4n) is 4.44. The van der Waals surface area contributed by atoms with Crippen LogP contribution in [0.3, 0.4) is 0 Å². The summed E-state index contributed by atoms with van der Waals surface area (Å²) in [7, 11) is 0. The van der Waals surface area contributed by atoms with Crippen LogP contribution in [0.2, 0.25) is 0 Å². The summed E-state index contributed by atoms with van der Waals surface area (Å²) in [5, 5.41) is 0. The van der Waals surface area contributed by atoms with E-state index in [2.05, 4.69) is 20.8 Å². The lowest BCUT2D eigenvalue weighted by atomic mass is 9.62. The van der Waals surface area contributed by atoms with Gasteiger partial charge in [-0.05, 0) is 41.9 Å². The van der Waals surface area contributed by atoms with Crippen LogP contribution in [0.4, 0.5) is 17.6 Å². The molecule has 0 amide bonds. The molecule has 2 nitrogen and oxygen atoms in total. The quantitative estimate of drug-likeness (QED) is 0.328. The molecule has 0 aromatic carbocycles. The molecule has 0 heterocycles. The minimum Gasteiger partial charge on any atom is -0.462 e. The molecule has 0 aliphatic heterocycles. The number of rotatable bonds is 8. The minimum atomic E-state index is -4.21. The molecule has 0 bridgehead atoms. The predicted molar refractivity (Wildman–Crippen MR) is 103 cm³/mol. The van der Waals surface area contributed by atoms with Crippen molar-refractivity contribution in [2.45, 2.75) is 80.1 Å². The van der Waals surface area contributed by atoms with Crippen LogP contribution >= 0.6 is 0 Å². The van der Waals surface area contributed by atoms with Crippen LogP contribution in [0.15, 0.2) is 11.1 Å². The van der Waals surface area contributed by atoms with Gasteiger partial charge in [-0.15, -0.1) is 0 Å². The van der Waals surface area contributed by atoms with Crippen molar-refractivity contribution >= 4 is 5.97 Å². The Morgan fingerprint density at radius 3 is 2.00 bits per heavy atom. The van der Waals surface area contributed by atoms with E-state index in [-0.39, 0.29) is 30.6 Å². The molecule has 0 spiro atoms. The van der Waals surface area contributed by atoms with Gasteiger partial charge in [-0.3, -0.25) is 0 Å². The summed E-state index contributed by atoms with van der Waals surface area (Å²) in [6, 6.07) is 0. The fraction of sp³-hybridized carbons (Fsp3) is 0.864. The molecule has 3 unspecified atom stereocenters. The van der Waals surface area contributed by atoms with E-state index in [0.29, 0.717) is 17.4 Å². The van der Waals surface area contributed by atoms with Crippen molar-refractivity contribution in [1.29, 1.82) is 0 Å². The minimum absolute atomic E-state index is 0.0263. The Morgan fingerprint density at radius 1 is 1.07 bits per heavy atom. The lowest BCUT2D eigenvalue weighted by Crippen LogP contribution is -2.39. The van der Waals surface area contributed by atoms with Gasteiger partial charge in [0.05, 0.1) is 13.0 Å². The lowest BCUT2D eigenvalue weighted by molar-refractivity contribution is -0.206. The maximum Gasteiger partial charge on any atom is 0.334 e. The van der Waals surface area contributed by atoms with Gasteiger partial charge in [0.2, 0.25) is 0 Å².